The van der Waals surface area contributed by atoms with Crippen molar-refractivity contribution >= 4 is 81.3 Å². The van der Waals surface area contributed by atoms with Gasteiger partial charge in [-0.3, -0.25) is 0 Å². The molecule has 17 nitrogen and oxygen atoms in total. The molecule has 0 saturated carbocycles. The number of rotatable bonds is 10. The molecule has 5 aromatic carbocycles. The van der Waals surface area contributed by atoms with Gasteiger partial charge in [0.2, 0.25) is 0 Å². The van der Waals surface area contributed by atoms with E-state index in [1.807, 2.05) is 0 Å². The first-order chi connectivity index (χ1) is 23.9. The summed E-state index contributed by atoms with van der Waals surface area (Å²) < 4.78 is 110. The van der Waals surface area contributed by atoms with Gasteiger partial charge in [-0.05, 0) is 79.2 Å². The molecule has 23 heteroatoms. The second-order valence-corrected chi connectivity index (χ2v) is 14.6. The van der Waals surface area contributed by atoms with Gasteiger partial charge in [0.15, 0.2) is 0 Å². The SMILES string of the molecule is COc1cc(N=Nc2cccc(S(=O)(=O)[O-])c2)ccc1NC(=O)Nc1ccc(N=Nc2cc(S(=O)(=O)[O-])c3cccc(S(=O)(=O)[O-])c3c2)c(C)c1.[Na+].[Na+].[Na+]. The third-order valence-corrected chi connectivity index (χ3v) is 9.59. The molecular formula is C31H23N6Na3O11S3. The second kappa shape index (κ2) is 19.5. The number of anilines is 2. The predicted octanol–water partition coefficient (Wildman–Crippen LogP) is -2.64. The summed E-state index contributed by atoms with van der Waals surface area (Å²) in [5, 5.41) is 20.7. The molecule has 2 amide bonds. The zero-order chi connectivity index (χ0) is 37.1. The maximum absolute atomic E-state index is 12.8. The van der Waals surface area contributed by atoms with Gasteiger partial charge < -0.3 is 29.0 Å². The number of urea groups is 1. The van der Waals surface area contributed by atoms with Crippen LogP contribution in [0.3, 0.4) is 0 Å². The Balaban J connectivity index is 0.00000336. The number of azo groups is 2. The van der Waals surface area contributed by atoms with E-state index in [4.69, 9.17) is 4.74 Å². The van der Waals surface area contributed by atoms with E-state index >= 15 is 0 Å². The molecule has 0 radical (unpaired) electrons. The summed E-state index contributed by atoms with van der Waals surface area (Å²) in [6.45, 7) is 1.64. The number of hydrogen-bond donors (Lipinski definition) is 2. The fourth-order valence-corrected chi connectivity index (χ4v) is 6.60. The smallest absolute Gasteiger partial charge is 0.744 e. The quantitative estimate of drug-likeness (QED) is 0.0835. The number of hydrogen-bond acceptors (Lipinski definition) is 15. The van der Waals surface area contributed by atoms with E-state index in [1.165, 1.54) is 55.6 Å². The largest absolute Gasteiger partial charge is 1.00 e. The van der Waals surface area contributed by atoms with Crippen LogP contribution in [0.25, 0.3) is 10.8 Å². The first-order valence-electron chi connectivity index (χ1n) is 14.2. The molecule has 264 valence electrons. The van der Waals surface area contributed by atoms with Crippen molar-refractivity contribution in [2.24, 2.45) is 20.5 Å². The van der Waals surface area contributed by atoms with E-state index in [-0.39, 0.29) is 128 Å². The number of fused-ring (bicyclic) bond motifs is 1. The molecule has 0 bridgehead atoms. The van der Waals surface area contributed by atoms with Gasteiger partial charge in [-0.1, -0.05) is 18.2 Å². The van der Waals surface area contributed by atoms with Crippen LogP contribution in [-0.2, 0) is 30.4 Å². The number of carbonyl (C=O) groups excluding carboxylic acids is 1. The summed E-state index contributed by atoms with van der Waals surface area (Å²) in [6, 6.07) is 18.7. The van der Waals surface area contributed by atoms with Crippen molar-refractivity contribution in [2.75, 3.05) is 17.7 Å². The van der Waals surface area contributed by atoms with E-state index in [9.17, 15) is 43.7 Å². The molecule has 0 fully saturated rings. The molecular weight excluding hydrogens is 798 g/mol. The van der Waals surface area contributed by atoms with E-state index in [0.717, 1.165) is 36.4 Å². The summed E-state index contributed by atoms with van der Waals surface area (Å²) in [7, 11) is -13.5. The van der Waals surface area contributed by atoms with Crippen LogP contribution in [0.5, 0.6) is 5.75 Å². The molecule has 0 saturated heterocycles. The van der Waals surface area contributed by atoms with Crippen LogP contribution in [0.4, 0.5) is 38.9 Å². The minimum Gasteiger partial charge on any atom is -0.744 e. The normalized spacial score (nSPS) is 11.7. The molecule has 0 aliphatic carbocycles. The Morgan fingerprint density at radius 3 is 1.85 bits per heavy atom. The van der Waals surface area contributed by atoms with Crippen molar-refractivity contribution in [1.29, 1.82) is 0 Å². The summed E-state index contributed by atoms with van der Waals surface area (Å²) in [4.78, 5) is 10.8. The van der Waals surface area contributed by atoms with Crippen LogP contribution < -0.4 is 104 Å². The van der Waals surface area contributed by atoms with Crippen molar-refractivity contribution in [3.63, 3.8) is 0 Å². The Labute approximate surface area is 376 Å². The van der Waals surface area contributed by atoms with E-state index in [0.29, 0.717) is 16.9 Å². The van der Waals surface area contributed by atoms with Gasteiger partial charge in [-0.2, -0.15) is 20.5 Å². The molecule has 0 aliphatic heterocycles. The first-order valence-corrected chi connectivity index (χ1v) is 18.4. The molecule has 0 aromatic heterocycles. The topological polar surface area (TPSA) is 271 Å². The molecule has 5 aromatic rings. The van der Waals surface area contributed by atoms with Gasteiger partial charge in [-0.15, -0.1) is 0 Å². The van der Waals surface area contributed by atoms with E-state index < -0.39 is 51.1 Å². The number of aryl methyl sites for hydroxylation is 1. The molecule has 2 N–H and O–H groups in total. The number of nitrogens with one attached hydrogen (secondary N) is 2. The average molecular weight is 821 g/mol. The van der Waals surface area contributed by atoms with E-state index in [1.54, 1.807) is 13.0 Å². The zero-order valence-electron chi connectivity index (χ0n) is 29.2. The van der Waals surface area contributed by atoms with Crippen LogP contribution >= 0.6 is 0 Å². The number of ether oxygens (including phenoxy) is 1. The zero-order valence-corrected chi connectivity index (χ0v) is 37.6. The predicted molar refractivity (Wildman–Crippen MR) is 179 cm³/mol. The van der Waals surface area contributed by atoms with Crippen LogP contribution in [0.1, 0.15) is 5.56 Å². The third-order valence-electron chi connectivity index (χ3n) is 6.99. The van der Waals surface area contributed by atoms with Crippen LogP contribution in [0.2, 0.25) is 0 Å². The molecule has 0 heterocycles. The van der Waals surface area contributed by atoms with Crippen molar-refractivity contribution in [3.05, 3.63) is 96.6 Å². The Morgan fingerprint density at radius 1 is 0.611 bits per heavy atom. The Kier molecular flexibility index (Phi) is 17.1. The fraction of sp³-hybridized carbons (Fsp3) is 0.0645. The Hall–Kier alpha value is -2.64. The molecule has 0 aliphatic rings. The summed E-state index contributed by atoms with van der Waals surface area (Å²) in [5.74, 6) is 0.214. The fourth-order valence-electron chi connectivity index (χ4n) is 4.70. The molecule has 54 heavy (non-hydrogen) atoms. The van der Waals surface area contributed by atoms with Crippen LogP contribution in [0.15, 0.2) is 126 Å². The standard InChI is InChI=1S/C31H26N6O11S3.3Na/c1-18-13-19(9-11-26(18)37-36-22-15-25-24(30(17-22)51(45,46)47)7-4-8-29(25)50(42,43)44)32-31(38)33-27-12-10-21(16-28(27)48-2)35-34-20-5-3-6-23(14-20)49(39,40)41;;;/h3-17H,1-2H3,(H2,32,33,38)(H,39,40,41)(H,42,43,44)(H,45,46,47);;;/q;3*+1/p-3. The van der Waals surface area contributed by atoms with Gasteiger partial charge in [0.05, 0.1) is 50.2 Å². The minimum absolute atomic E-state index is 0. The molecule has 5 rings (SSSR count). The van der Waals surface area contributed by atoms with Crippen LogP contribution in [-0.4, -0.2) is 52.1 Å². The van der Waals surface area contributed by atoms with Gasteiger partial charge in [0.1, 0.15) is 36.1 Å². The van der Waals surface area contributed by atoms with E-state index in [2.05, 4.69) is 31.1 Å². The van der Waals surface area contributed by atoms with Gasteiger partial charge in [0, 0.05) is 22.5 Å². The van der Waals surface area contributed by atoms with Gasteiger partial charge in [0.25, 0.3) is 0 Å². The maximum Gasteiger partial charge on any atom is 1.00 e. The van der Waals surface area contributed by atoms with Crippen LogP contribution in [0, 0.1) is 6.92 Å². The molecule has 0 unspecified atom stereocenters. The van der Waals surface area contributed by atoms with Gasteiger partial charge in [-0.25, -0.2) is 30.0 Å². The maximum atomic E-state index is 12.8. The van der Waals surface area contributed by atoms with Crippen molar-refractivity contribution in [3.8, 4) is 5.75 Å². The molecule has 0 atom stereocenters. The Morgan fingerprint density at radius 2 is 1.24 bits per heavy atom. The minimum atomic E-state index is -5.11. The number of amides is 2. The third kappa shape index (κ3) is 12.2. The average Bonchev–Trinajstić information content (AvgIpc) is 3.05. The summed E-state index contributed by atoms with van der Waals surface area (Å²) in [5.41, 5.74) is 1.58. The van der Waals surface area contributed by atoms with Crippen molar-refractivity contribution in [1.82, 2.24) is 0 Å². The Bertz CT molecular complexity index is 2610. The van der Waals surface area contributed by atoms with Gasteiger partial charge >= 0.3 is 94.7 Å². The second-order valence-electron chi connectivity index (χ2n) is 10.5. The monoisotopic (exact) mass is 820 g/mol. The number of nitrogens with zero attached hydrogens (tertiary/aromatic N) is 4. The number of carbonyl (C=O) groups is 1. The van der Waals surface area contributed by atoms with Crippen molar-refractivity contribution < 1.29 is 137 Å². The summed E-state index contributed by atoms with van der Waals surface area (Å²) >= 11 is 0. The van der Waals surface area contributed by atoms with Crippen molar-refractivity contribution in [2.45, 2.75) is 21.6 Å². The molecule has 0 spiro atoms. The number of methoxy groups -OCH3 is 1. The summed E-state index contributed by atoms with van der Waals surface area (Å²) in [6.07, 6.45) is 0. The first kappa shape index (κ1) is 47.5. The number of benzene rings is 5.